The molecule has 0 bridgehead atoms. The molecular formula is C10H8INO2. The molecule has 72 valence electrons. The number of nitrogens with zero attached hydrogens (tertiary/aromatic N) is 1. The number of hydrogen-bond donors (Lipinski definition) is 0. The maximum absolute atomic E-state index is 11.3. The van der Waals surface area contributed by atoms with Crippen LogP contribution in [0.5, 0.6) is 5.75 Å². The SMILES string of the molecule is COc1ccc(C#N)c(I)c1C(C)=O. The number of rotatable bonds is 2. The lowest BCUT2D eigenvalue weighted by atomic mass is 10.1. The van der Waals surface area contributed by atoms with Crippen LogP contribution in [0, 0.1) is 14.9 Å². The Morgan fingerprint density at radius 1 is 1.57 bits per heavy atom. The van der Waals surface area contributed by atoms with Crippen molar-refractivity contribution in [2.24, 2.45) is 0 Å². The summed E-state index contributed by atoms with van der Waals surface area (Å²) in [6.07, 6.45) is 0. The fourth-order valence-corrected chi connectivity index (χ4v) is 2.09. The van der Waals surface area contributed by atoms with Crippen LogP contribution in [0.4, 0.5) is 0 Å². The first-order valence-corrected chi connectivity index (χ1v) is 4.97. The van der Waals surface area contributed by atoms with E-state index in [0.717, 1.165) is 0 Å². The predicted molar refractivity (Wildman–Crippen MR) is 60.4 cm³/mol. The molecule has 0 unspecified atom stereocenters. The van der Waals surface area contributed by atoms with Gasteiger partial charge in [0.2, 0.25) is 0 Å². The molecular weight excluding hydrogens is 293 g/mol. The summed E-state index contributed by atoms with van der Waals surface area (Å²) in [6.45, 7) is 1.46. The molecule has 0 radical (unpaired) electrons. The maximum Gasteiger partial charge on any atom is 0.164 e. The van der Waals surface area contributed by atoms with E-state index in [1.807, 2.05) is 28.7 Å². The van der Waals surface area contributed by atoms with Crippen molar-refractivity contribution in [1.82, 2.24) is 0 Å². The number of nitriles is 1. The summed E-state index contributed by atoms with van der Waals surface area (Å²) >= 11 is 1.98. The lowest BCUT2D eigenvalue weighted by Gasteiger charge is -2.08. The van der Waals surface area contributed by atoms with E-state index in [0.29, 0.717) is 20.4 Å². The van der Waals surface area contributed by atoms with Gasteiger partial charge in [0.05, 0.1) is 18.2 Å². The van der Waals surface area contributed by atoms with Gasteiger partial charge >= 0.3 is 0 Å². The van der Waals surface area contributed by atoms with Crippen LogP contribution in [0.15, 0.2) is 12.1 Å². The van der Waals surface area contributed by atoms with E-state index in [2.05, 4.69) is 0 Å². The van der Waals surface area contributed by atoms with Crippen molar-refractivity contribution in [2.45, 2.75) is 6.92 Å². The number of halogens is 1. The molecule has 1 aromatic carbocycles. The second kappa shape index (κ2) is 4.42. The van der Waals surface area contributed by atoms with E-state index >= 15 is 0 Å². The second-order valence-electron chi connectivity index (χ2n) is 2.67. The fourth-order valence-electron chi connectivity index (χ4n) is 1.14. The van der Waals surface area contributed by atoms with Crippen molar-refractivity contribution in [1.29, 1.82) is 5.26 Å². The predicted octanol–water partition coefficient (Wildman–Crippen LogP) is 2.37. The van der Waals surface area contributed by atoms with Gasteiger partial charge in [-0.25, -0.2) is 0 Å². The van der Waals surface area contributed by atoms with Crippen LogP contribution in [0.1, 0.15) is 22.8 Å². The minimum absolute atomic E-state index is 0.0941. The van der Waals surface area contributed by atoms with Crippen LogP contribution >= 0.6 is 22.6 Å². The summed E-state index contributed by atoms with van der Waals surface area (Å²) in [6, 6.07) is 5.31. The summed E-state index contributed by atoms with van der Waals surface area (Å²) in [5.41, 5.74) is 0.976. The zero-order chi connectivity index (χ0) is 10.7. The average Bonchev–Trinajstić information content (AvgIpc) is 2.16. The van der Waals surface area contributed by atoms with E-state index in [9.17, 15) is 4.79 Å². The van der Waals surface area contributed by atoms with Gasteiger partial charge in [0.15, 0.2) is 5.78 Å². The monoisotopic (exact) mass is 301 g/mol. The van der Waals surface area contributed by atoms with Gasteiger partial charge in [-0.05, 0) is 41.6 Å². The van der Waals surface area contributed by atoms with Crippen molar-refractivity contribution in [2.75, 3.05) is 7.11 Å². The fraction of sp³-hybridized carbons (Fsp3) is 0.200. The van der Waals surface area contributed by atoms with E-state index in [1.165, 1.54) is 14.0 Å². The molecule has 0 spiro atoms. The molecule has 0 aliphatic rings. The van der Waals surface area contributed by atoms with Crippen LogP contribution in [0.3, 0.4) is 0 Å². The standard InChI is InChI=1S/C10H8INO2/c1-6(13)9-8(14-2)4-3-7(5-12)10(9)11/h3-4H,1-2H3. The number of carbonyl (C=O) groups excluding carboxylic acids is 1. The Kier molecular flexibility index (Phi) is 3.47. The van der Waals surface area contributed by atoms with Gasteiger partial charge in [-0.1, -0.05) is 0 Å². The summed E-state index contributed by atoms with van der Waals surface area (Å²) in [5, 5.41) is 8.78. The first-order valence-electron chi connectivity index (χ1n) is 3.89. The van der Waals surface area contributed by atoms with Crippen LogP contribution in [-0.4, -0.2) is 12.9 Å². The summed E-state index contributed by atoms with van der Waals surface area (Å²) < 4.78 is 5.70. The quantitative estimate of drug-likeness (QED) is 0.622. The maximum atomic E-state index is 11.3. The highest BCUT2D eigenvalue weighted by molar-refractivity contribution is 14.1. The van der Waals surface area contributed by atoms with Crippen molar-refractivity contribution in [3.8, 4) is 11.8 Å². The van der Waals surface area contributed by atoms with E-state index in [4.69, 9.17) is 10.00 Å². The Morgan fingerprint density at radius 3 is 2.64 bits per heavy atom. The number of ether oxygens (including phenoxy) is 1. The van der Waals surface area contributed by atoms with E-state index in [-0.39, 0.29) is 5.78 Å². The Bertz CT molecular complexity index is 421. The van der Waals surface area contributed by atoms with Crippen LogP contribution in [0.25, 0.3) is 0 Å². The Labute approximate surface area is 95.8 Å². The molecule has 14 heavy (non-hydrogen) atoms. The number of hydrogen-bond acceptors (Lipinski definition) is 3. The van der Waals surface area contributed by atoms with Crippen LogP contribution in [-0.2, 0) is 0 Å². The van der Waals surface area contributed by atoms with Crippen LogP contribution < -0.4 is 4.74 Å². The molecule has 1 aromatic rings. The zero-order valence-electron chi connectivity index (χ0n) is 7.80. The highest BCUT2D eigenvalue weighted by atomic mass is 127. The average molecular weight is 301 g/mol. The number of carbonyl (C=O) groups is 1. The first-order chi connectivity index (χ1) is 6.61. The van der Waals surface area contributed by atoms with Gasteiger partial charge in [0.1, 0.15) is 11.8 Å². The van der Waals surface area contributed by atoms with Crippen molar-refractivity contribution < 1.29 is 9.53 Å². The lowest BCUT2D eigenvalue weighted by Crippen LogP contribution is -2.02. The molecule has 0 aliphatic heterocycles. The van der Waals surface area contributed by atoms with Crippen molar-refractivity contribution >= 4 is 28.4 Å². The molecule has 0 atom stereocenters. The molecule has 0 aliphatic carbocycles. The van der Waals surface area contributed by atoms with Crippen molar-refractivity contribution in [3.63, 3.8) is 0 Å². The smallest absolute Gasteiger partial charge is 0.164 e. The molecule has 0 heterocycles. The number of ketones is 1. The van der Waals surface area contributed by atoms with Gasteiger partial charge in [0.25, 0.3) is 0 Å². The third-order valence-electron chi connectivity index (χ3n) is 1.80. The molecule has 0 aromatic heterocycles. The molecule has 0 saturated heterocycles. The molecule has 0 amide bonds. The van der Waals surface area contributed by atoms with Crippen molar-refractivity contribution in [3.05, 3.63) is 26.8 Å². The third-order valence-corrected chi connectivity index (χ3v) is 2.92. The Morgan fingerprint density at radius 2 is 2.21 bits per heavy atom. The minimum atomic E-state index is -0.0941. The Hall–Kier alpha value is -1.09. The number of benzene rings is 1. The first kappa shape index (κ1) is 11.0. The topological polar surface area (TPSA) is 50.1 Å². The minimum Gasteiger partial charge on any atom is -0.496 e. The summed E-state index contributed by atoms with van der Waals surface area (Å²) in [5.74, 6) is 0.421. The summed E-state index contributed by atoms with van der Waals surface area (Å²) in [4.78, 5) is 11.3. The molecule has 0 saturated carbocycles. The molecule has 0 fully saturated rings. The third kappa shape index (κ3) is 1.87. The van der Waals surface area contributed by atoms with Crippen LogP contribution in [0.2, 0.25) is 0 Å². The van der Waals surface area contributed by atoms with Gasteiger partial charge in [0, 0.05) is 3.57 Å². The van der Waals surface area contributed by atoms with Gasteiger partial charge < -0.3 is 4.74 Å². The zero-order valence-corrected chi connectivity index (χ0v) is 9.95. The summed E-state index contributed by atoms with van der Waals surface area (Å²) in [7, 11) is 1.50. The van der Waals surface area contributed by atoms with Gasteiger partial charge in [-0.3, -0.25) is 4.79 Å². The highest BCUT2D eigenvalue weighted by Crippen LogP contribution is 2.26. The second-order valence-corrected chi connectivity index (χ2v) is 3.75. The largest absolute Gasteiger partial charge is 0.496 e. The molecule has 1 rings (SSSR count). The van der Waals surface area contributed by atoms with Gasteiger partial charge in [-0.2, -0.15) is 5.26 Å². The van der Waals surface area contributed by atoms with Gasteiger partial charge in [-0.15, -0.1) is 0 Å². The molecule has 0 N–H and O–H groups in total. The molecule has 3 nitrogen and oxygen atoms in total. The lowest BCUT2D eigenvalue weighted by molar-refractivity contribution is 0.101. The number of Topliss-reactive ketones (excluding diaryl/α,β-unsaturated/α-hetero) is 1. The Balaban J connectivity index is 3.49. The van der Waals surface area contributed by atoms with E-state index < -0.39 is 0 Å². The molecule has 4 heteroatoms. The number of methoxy groups -OCH3 is 1. The normalized spacial score (nSPS) is 9.29. The van der Waals surface area contributed by atoms with E-state index in [1.54, 1.807) is 12.1 Å². The highest BCUT2D eigenvalue weighted by Gasteiger charge is 2.15.